The zero-order valence-corrected chi connectivity index (χ0v) is 11.1. The Morgan fingerprint density at radius 2 is 2.25 bits per heavy atom. The van der Waals surface area contributed by atoms with Gasteiger partial charge in [-0.3, -0.25) is 0 Å². The van der Waals surface area contributed by atoms with Crippen molar-refractivity contribution in [2.24, 2.45) is 0 Å². The maximum atomic E-state index is 11.7. The van der Waals surface area contributed by atoms with Crippen LogP contribution in [0.2, 0.25) is 0 Å². The number of para-hydroxylation sites is 1. The SMILES string of the molecule is CCOC(=O)c1nc(-c2cccc3c2OCO3)oc1C. The van der Waals surface area contributed by atoms with E-state index in [2.05, 4.69) is 4.98 Å². The molecule has 20 heavy (non-hydrogen) atoms. The number of ether oxygens (including phenoxy) is 3. The van der Waals surface area contributed by atoms with Gasteiger partial charge in [-0.15, -0.1) is 0 Å². The molecule has 6 nitrogen and oxygen atoms in total. The smallest absolute Gasteiger partial charge is 0.360 e. The number of carbonyl (C=O) groups is 1. The fourth-order valence-corrected chi connectivity index (χ4v) is 2.00. The Bertz CT molecular complexity index is 662. The van der Waals surface area contributed by atoms with Crippen molar-refractivity contribution in [1.82, 2.24) is 4.98 Å². The first-order chi connectivity index (χ1) is 9.70. The van der Waals surface area contributed by atoms with Crippen molar-refractivity contribution in [3.63, 3.8) is 0 Å². The summed E-state index contributed by atoms with van der Waals surface area (Å²) < 4.78 is 21.2. The van der Waals surface area contributed by atoms with Gasteiger partial charge in [-0.25, -0.2) is 9.78 Å². The summed E-state index contributed by atoms with van der Waals surface area (Å²) in [5.41, 5.74) is 0.831. The molecule has 0 atom stereocenters. The molecule has 0 fully saturated rings. The zero-order chi connectivity index (χ0) is 14.1. The van der Waals surface area contributed by atoms with E-state index in [0.29, 0.717) is 28.7 Å². The minimum absolute atomic E-state index is 0.163. The topological polar surface area (TPSA) is 70.8 Å². The Hall–Kier alpha value is -2.50. The lowest BCUT2D eigenvalue weighted by atomic mass is 10.2. The molecule has 0 aliphatic carbocycles. The predicted molar refractivity (Wildman–Crippen MR) is 68.8 cm³/mol. The third-order valence-electron chi connectivity index (χ3n) is 2.89. The summed E-state index contributed by atoms with van der Waals surface area (Å²) in [6.07, 6.45) is 0. The number of benzene rings is 1. The number of fused-ring (bicyclic) bond motifs is 1. The van der Waals surface area contributed by atoms with Gasteiger partial charge in [-0.05, 0) is 26.0 Å². The molecule has 6 heteroatoms. The van der Waals surface area contributed by atoms with Gasteiger partial charge in [0.15, 0.2) is 17.2 Å². The second-order valence-electron chi connectivity index (χ2n) is 4.18. The molecule has 1 aliphatic heterocycles. The normalized spacial score (nSPS) is 12.5. The van der Waals surface area contributed by atoms with E-state index in [0.717, 1.165) is 0 Å². The van der Waals surface area contributed by atoms with Gasteiger partial charge in [0, 0.05) is 0 Å². The fraction of sp³-hybridized carbons (Fsp3) is 0.286. The average molecular weight is 275 g/mol. The molecule has 1 aromatic carbocycles. The molecule has 0 unspecified atom stereocenters. The maximum Gasteiger partial charge on any atom is 0.360 e. The molecular weight excluding hydrogens is 262 g/mol. The molecule has 0 N–H and O–H groups in total. The Balaban J connectivity index is 2.02. The van der Waals surface area contributed by atoms with Crippen LogP contribution in [-0.2, 0) is 4.74 Å². The van der Waals surface area contributed by atoms with Gasteiger partial charge < -0.3 is 18.6 Å². The number of aromatic nitrogens is 1. The van der Waals surface area contributed by atoms with Gasteiger partial charge in [0.1, 0.15) is 5.76 Å². The molecule has 2 aromatic rings. The largest absolute Gasteiger partial charge is 0.461 e. The van der Waals surface area contributed by atoms with Crippen LogP contribution >= 0.6 is 0 Å². The molecule has 0 amide bonds. The molecule has 2 heterocycles. The predicted octanol–water partition coefficient (Wildman–Crippen LogP) is 2.56. The third kappa shape index (κ3) is 1.99. The van der Waals surface area contributed by atoms with Crippen molar-refractivity contribution < 1.29 is 23.4 Å². The van der Waals surface area contributed by atoms with Gasteiger partial charge >= 0.3 is 5.97 Å². The minimum Gasteiger partial charge on any atom is -0.461 e. The van der Waals surface area contributed by atoms with Crippen LogP contribution in [0.1, 0.15) is 23.2 Å². The van der Waals surface area contributed by atoms with Crippen molar-refractivity contribution in [2.45, 2.75) is 13.8 Å². The summed E-state index contributed by atoms with van der Waals surface area (Å²) in [6, 6.07) is 5.41. The molecule has 1 aromatic heterocycles. The number of nitrogens with zero attached hydrogens (tertiary/aromatic N) is 1. The summed E-state index contributed by atoms with van der Waals surface area (Å²) in [4.78, 5) is 15.9. The first-order valence-corrected chi connectivity index (χ1v) is 6.24. The standard InChI is InChI=1S/C14H13NO5/c1-3-17-14(16)11-8(2)20-13(15-11)9-5-4-6-10-12(9)19-7-18-10/h4-6H,3,7H2,1-2H3. The van der Waals surface area contributed by atoms with Crippen molar-refractivity contribution in [3.05, 3.63) is 29.7 Å². The molecule has 0 radical (unpaired) electrons. The van der Waals surface area contributed by atoms with Crippen LogP contribution in [0.25, 0.3) is 11.5 Å². The van der Waals surface area contributed by atoms with Crippen molar-refractivity contribution in [2.75, 3.05) is 13.4 Å². The van der Waals surface area contributed by atoms with E-state index < -0.39 is 5.97 Å². The highest BCUT2D eigenvalue weighted by Crippen LogP contribution is 2.41. The lowest BCUT2D eigenvalue weighted by Crippen LogP contribution is -2.06. The molecule has 0 saturated heterocycles. The van der Waals surface area contributed by atoms with Crippen molar-refractivity contribution in [1.29, 1.82) is 0 Å². The van der Waals surface area contributed by atoms with Crippen LogP contribution in [0.4, 0.5) is 0 Å². The van der Waals surface area contributed by atoms with Gasteiger partial charge in [-0.2, -0.15) is 0 Å². The quantitative estimate of drug-likeness (QED) is 0.802. The Labute approximate surface area is 115 Å². The number of hydrogen-bond acceptors (Lipinski definition) is 6. The van der Waals surface area contributed by atoms with E-state index in [-0.39, 0.29) is 19.1 Å². The van der Waals surface area contributed by atoms with Gasteiger partial charge in [0.05, 0.1) is 12.2 Å². The third-order valence-corrected chi connectivity index (χ3v) is 2.89. The van der Waals surface area contributed by atoms with Crippen LogP contribution in [0, 0.1) is 6.92 Å². The number of rotatable bonds is 3. The molecule has 0 spiro atoms. The first kappa shape index (κ1) is 12.5. The van der Waals surface area contributed by atoms with Crippen LogP contribution < -0.4 is 9.47 Å². The second-order valence-corrected chi connectivity index (χ2v) is 4.18. The highest BCUT2D eigenvalue weighted by Gasteiger charge is 2.24. The first-order valence-electron chi connectivity index (χ1n) is 6.24. The van der Waals surface area contributed by atoms with E-state index in [1.54, 1.807) is 26.0 Å². The van der Waals surface area contributed by atoms with E-state index in [1.807, 2.05) is 6.07 Å². The highest BCUT2D eigenvalue weighted by atomic mass is 16.7. The van der Waals surface area contributed by atoms with Crippen LogP contribution in [0.3, 0.4) is 0 Å². The van der Waals surface area contributed by atoms with E-state index in [9.17, 15) is 4.79 Å². The second kappa shape index (κ2) is 4.88. The number of hydrogen-bond donors (Lipinski definition) is 0. The lowest BCUT2D eigenvalue weighted by Gasteiger charge is -2.00. The average Bonchev–Trinajstić information content (AvgIpc) is 3.04. The number of carbonyl (C=O) groups excluding carboxylic acids is 1. The molecule has 0 bridgehead atoms. The molecule has 104 valence electrons. The molecule has 0 saturated carbocycles. The van der Waals surface area contributed by atoms with E-state index >= 15 is 0 Å². The van der Waals surface area contributed by atoms with Gasteiger partial charge in [0.2, 0.25) is 12.7 Å². The summed E-state index contributed by atoms with van der Waals surface area (Å²) >= 11 is 0. The monoisotopic (exact) mass is 275 g/mol. The number of aryl methyl sites for hydroxylation is 1. The maximum absolute atomic E-state index is 11.7. The summed E-state index contributed by atoms with van der Waals surface area (Å²) in [5, 5.41) is 0. The Morgan fingerprint density at radius 3 is 3.05 bits per heavy atom. The summed E-state index contributed by atoms with van der Waals surface area (Å²) in [6.45, 7) is 3.86. The van der Waals surface area contributed by atoms with Crippen LogP contribution in [0.15, 0.2) is 22.6 Å². The minimum atomic E-state index is -0.496. The zero-order valence-electron chi connectivity index (χ0n) is 11.1. The molecule has 1 aliphatic rings. The Morgan fingerprint density at radius 1 is 1.40 bits per heavy atom. The van der Waals surface area contributed by atoms with Crippen LogP contribution in [0.5, 0.6) is 11.5 Å². The molecular formula is C14H13NO5. The summed E-state index contributed by atoms with van der Waals surface area (Å²) in [7, 11) is 0. The van der Waals surface area contributed by atoms with Crippen molar-refractivity contribution >= 4 is 5.97 Å². The van der Waals surface area contributed by atoms with Crippen LogP contribution in [-0.4, -0.2) is 24.4 Å². The van der Waals surface area contributed by atoms with Crippen molar-refractivity contribution in [3.8, 4) is 23.0 Å². The summed E-state index contributed by atoms with van der Waals surface area (Å²) in [5.74, 6) is 1.44. The highest BCUT2D eigenvalue weighted by molar-refractivity contribution is 5.89. The number of esters is 1. The fourth-order valence-electron chi connectivity index (χ4n) is 2.00. The van der Waals surface area contributed by atoms with Gasteiger partial charge in [0.25, 0.3) is 0 Å². The lowest BCUT2D eigenvalue weighted by molar-refractivity contribution is 0.0518. The van der Waals surface area contributed by atoms with E-state index in [4.69, 9.17) is 18.6 Å². The number of oxazole rings is 1. The van der Waals surface area contributed by atoms with Gasteiger partial charge in [-0.1, -0.05) is 6.07 Å². The Kier molecular flexibility index (Phi) is 3.06. The van der Waals surface area contributed by atoms with E-state index in [1.165, 1.54) is 0 Å². The molecule has 3 rings (SSSR count).